The molecule has 1 atom stereocenters. The summed E-state index contributed by atoms with van der Waals surface area (Å²) in [6.07, 6.45) is 4.02. The molecule has 0 aliphatic carbocycles. The van der Waals surface area contributed by atoms with Gasteiger partial charge in [-0.1, -0.05) is 0 Å². The van der Waals surface area contributed by atoms with E-state index in [1.807, 2.05) is 24.0 Å². The number of ether oxygens (including phenoxy) is 1. The highest BCUT2D eigenvalue weighted by Gasteiger charge is 2.32. The molecule has 2 fully saturated rings. The molecular formula is C20H31N3O3S. The Morgan fingerprint density at radius 2 is 2.00 bits per heavy atom. The van der Waals surface area contributed by atoms with Gasteiger partial charge in [-0.25, -0.2) is 0 Å². The van der Waals surface area contributed by atoms with E-state index in [2.05, 4.69) is 10.2 Å². The molecule has 2 amide bonds. The monoisotopic (exact) mass is 393 g/mol. The van der Waals surface area contributed by atoms with Gasteiger partial charge in [0.15, 0.2) is 0 Å². The van der Waals surface area contributed by atoms with Gasteiger partial charge >= 0.3 is 0 Å². The minimum atomic E-state index is 0.0735. The first-order valence-electron chi connectivity index (χ1n) is 9.95. The van der Waals surface area contributed by atoms with Crippen molar-refractivity contribution in [2.45, 2.75) is 38.6 Å². The lowest BCUT2D eigenvalue weighted by molar-refractivity contribution is -0.127. The number of piperidine rings is 2. The van der Waals surface area contributed by atoms with Gasteiger partial charge in [0.25, 0.3) is 5.91 Å². The zero-order chi connectivity index (χ0) is 19.2. The first-order valence-corrected chi connectivity index (χ1v) is 10.8. The molecule has 3 rings (SSSR count). The molecule has 2 aliphatic heterocycles. The number of thiophene rings is 1. The fourth-order valence-electron chi connectivity index (χ4n) is 4.11. The highest BCUT2D eigenvalue weighted by atomic mass is 32.1. The van der Waals surface area contributed by atoms with Gasteiger partial charge in [0, 0.05) is 44.2 Å². The van der Waals surface area contributed by atoms with Crippen LogP contribution in [0.1, 0.15) is 40.2 Å². The lowest BCUT2D eigenvalue weighted by Crippen LogP contribution is -2.51. The molecule has 0 bridgehead atoms. The van der Waals surface area contributed by atoms with E-state index >= 15 is 0 Å². The van der Waals surface area contributed by atoms with E-state index in [1.54, 1.807) is 18.4 Å². The summed E-state index contributed by atoms with van der Waals surface area (Å²) in [5, 5.41) is 2.98. The summed E-state index contributed by atoms with van der Waals surface area (Å²) in [6, 6.07) is 4.43. The predicted octanol–water partition coefficient (Wildman–Crippen LogP) is 2.14. The summed E-state index contributed by atoms with van der Waals surface area (Å²) >= 11 is 1.57. The van der Waals surface area contributed by atoms with Crippen molar-refractivity contribution in [2.24, 2.45) is 5.92 Å². The Morgan fingerprint density at radius 3 is 2.67 bits per heavy atom. The minimum Gasteiger partial charge on any atom is -0.383 e. The van der Waals surface area contributed by atoms with E-state index < -0.39 is 0 Å². The van der Waals surface area contributed by atoms with E-state index in [4.69, 9.17) is 4.74 Å². The number of aryl methyl sites for hydroxylation is 1. The van der Waals surface area contributed by atoms with Gasteiger partial charge in [0.05, 0.1) is 17.4 Å². The van der Waals surface area contributed by atoms with E-state index in [1.165, 1.54) is 4.88 Å². The maximum absolute atomic E-state index is 12.6. The van der Waals surface area contributed by atoms with Crippen LogP contribution in [0.4, 0.5) is 0 Å². The van der Waals surface area contributed by atoms with Crippen LogP contribution >= 0.6 is 11.3 Å². The van der Waals surface area contributed by atoms with Crippen molar-refractivity contribution in [1.82, 2.24) is 15.1 Å². The third-order valence-electron chi connectivity index (χ3n) is 5.65. The standard InChI is InChI=1S/C20H31N3O3S/c1-15-5-6-18(27-15)20(25)22-11-7-17(8-12-22)23-10-3-4-16(14-23)19(24)21-9-13-26-2/h5-6,16-17H,3-4,7-14H2,1-2H3,(H,21,24)/t16-/m1/s1. The van der Waals surface area contributed by atoms with Crippen LogP contribution in [0.3, 0.4) is 0 Å². The molecule has 7 heteroatoms. The maximum atomic E-state index is 12.6. The first-order chi connectivity index (χ1) is 13.1. The summed E-state index contributed by atoms with van der Waals surface area (Å²) in [5.41, 5.74) is 0. The molecule has 0 aromatic carbocycles. The van der Waals surface area contributed by atoms with Gasteiger partial charge in [-0.05, 0) is 51.3 Å². The highest BCUT2D eigenvalue weighted by molar-refractivity contribution is 7.13. The second kappa shape index (κ2) is 9.66. The van der Waals surface area contributed by atoms with Crippen molar-refractivity contribution in [2.75, 3.05) is 46.4 Å². The molecule has 6 nitrogen and oxygen atoms in total. The van der Waals surface area contributed by atoms with Gasteiger partial charge in [-0.2, -0.15) is 0 Å². The van der Waals surface area contributed by atoms with Gasteiger partial charge in [0.2, 0.25) is 5.91 Å². The molecule has 1 aromatic heterocycles. The molecule has 0 spiro atoms. The third kappa shape index (κ3) is 5.30. The van der Waals surface area contributed by atoms with Crippen LogP contribution in [0.15, 0.2) is 12.1 Å². The minimum absolute atomic E-state index is 0.0735. The Kier molecular flexibility index (Phi) is 7.26. The molecule has 0 unspecified atom stereocenters. The van der Waals surface area contributed by atoms with Gasteiger partial charge in [0.1, 0.15) is 0 Å². The lowest BCUT2D eigenvalue weighted by Gasteiger charge is -2.42. The second-order valence-corrected chi connectivity index (χ2v) is 8.84. The van der Waals surface area contributed by atoms with Crippen LogP contribution in [0.5, 0.6) is 0 Å². The highest BCUT2D eigenvalue weighted by Crippen LogP contribution is 2.25. The van der Waals surface area contributed by atoms with E-state index in [0.29, 0.717) is 19.2 Å². The topological polar surface area (TPSA) is 61.9 Å². The number of nitrogens with zero attached hydrogens (tertiary/aromatic N) is 2. The Hall–Kier alpha value is -1.44. The van der Waals surface area contributed by atoms with Crippen molar-refractivity contribution in [1.29, 1.82) is 0 Å². The zero-order valence-corrected chi connectivity index (χ0v) is 17.2. The molecule has 1 aromatic rings. The normalized spacial score (nSPS) is 22.0. The number of likely N-dealkylation sites (tertiary alicyclic amines) is 2. The Balaban J connectivity index is 1.47. The smallest absolute Gasteiger partial charge is 0.263 e. The number of hydrogen-bond donors (Lipinski definition) is 1. The average Bonchev–Trinajstić information content (AvgIpc) is 3.14. The summed E-state index contributed by atoms with van der Waals surface area (Å²) in [5.74, 6) is 0.391. The van der Waals surface area contributed by atoms with Crippen LogP contribution in [0, 0.1) is 12.8 Å². The molecule has 3 heterocycles. The Bertz CT molecular complexity index is 640. The number of carbonyl (C=O) groups is 2. The van der Waals surface area contributed by atoms with E-state index in [9.17, 15) is 9.59 Å². The number of nitrogens with one attached hydrogen (secondary N) is 1. The van der Waals surface area contributed by atoms with Crippen LogP contribution in [0.2, 0.25) is 0 Å². The largest absolute Gasteiger partial charge is 0.383 e. The van der Waals surface area contributed by atoms with Crippen molar-refractivity contribution in [3.05, 3.63) is 21.9 Å². The fourth-order valence-corrected chi connectivity index (χ4v) is 4.95. The second-order valence-electron chi connectivity index (χ2n) is 7.55. The molecule has 1 N–H and O–H groups in total. The number of carbonyl (C=O) groups excluding carboxylic acids is 2. The predicted molar refractivity (Wildman–Crippen MR) is 107 cm³/mol. The van der Waals surface area contributed by atoms with Crippen molar-refractivity contribution in [3.63, 3.8) is 0 Å². The van der Waals surface area contributed by atoms with Gasteiger partial charge in [-0.3, -0.25) is 14.5 Å². The first kappa shape index (κ1) is 20.3. The Labute approximate surface area is 165 Å². The van der Waals surface area contributed by atoms with Crippen molar-refractivity contribution in [3.8, 4) is 0 Å². The van der Waals surface area contributed by atoms with Crippen molar-refractivity contribution >= 4 is 23.2 Å². The maximum Gasteiger partial charge on any atom is 0.263 e. The molecule has 2 aliphatic rings. The van der Waals surface area contributed by atoms with Crippen LogP contribution in [-0.4, -0.2) is 74.1 Å². The average molecular weight is 394 g/mol. The summed E-state index contributed by atoms with van der Waals surface area (Å²) < 4.78 is 5.00. The quantitative estimate of drug-likeness (QED) is 0.752. The lowest BCUT2D eigenvalue weighted by atomic mass is 9.93. The van der Waals surface area contributed by atoms with E-state index in [0.717, 1.165) is 56.7 Å². The third-order valence-corrected chi connectivity index (χ3v) is 6.64. The van der Waals surface area contributed by atoms with Crippen LogP contribution < -0.4 is 5.32 Å². The molecule has 27 heavy (non-hydrogen) atoms. The number of methoxy groups -OCH3 is 1. The van der Waals surface area contributed by atoms with Crippen molar-refractivity contribution < 1.29 is 14.3 Å². The molecule has 2 saturated heterocycles. The van der Waals surface area contributed by atoms with Gasteiger partial charge in [-0.15, -0.1) is 11.3 Å². The summed E-state index contributed by atoms with van der Waals surface area (Å²) in [4.78, 5) is 31.5. The molecule has 0 radical (unpaired) electrons. The van der Waals surface area contributed by atoms with Crippen LogP contribution in [-0.2, 0) is 9.53 Å². The zero-order valence-electron chi connectivity index (χ0n) is 16.4. The summed E-state index contributed by atoms with van der Waals surface area (Å²) in [7, 11) is 1.64. The Morgan fingerprint density at radius 1 is 1.22 bits per heavy atom. The van der Waals surface area contributed by atoms with Crippen LogP contribution in [0.25, 0.3) is 0 Å². The number of hydrogen-bond acceptors (Lipinski definition) is 5. The van der Waals surface area contributed by atoms with Gasteiger partial charge < -0.3 is 15.0 Å². The fraction of sp³-hybridized carbons (Fsp3) is 0.700. The van der Waals surface area contributed by atoms with E-state index in [-0.39, 0.29) is 17.7 Å². The molecule has 0 saturated carbocycles. The molecular weight excluding hydrogens is 362 g/mol. The summed E-state index contributed by atoms with van der Waals surface area (Å²) in [6.45, 7) is 6.67. The number of amides is 2. The SMILES string of the molecule is COCCNC(=O)[C@@H]1CCCN(C2CCN(C(=O)c3ccc(C)s3)CC2)C1. The molecule has 150 valence electrons. The number of rotatable bonds is 6.